The van der Waals surface area contributed by atoms with Gasteiger partial charge in [0.25, 0.3) is 0 Å². The van der Waals surface area contributed by atoms with Crippen LogP contribution < -0.4 is 16.2 Å². The van der Waals surface area contributed by atoms with E-state index in [-0.39, 0.29) is 5.54 Å². The second kappa shape index (κ2) is 8.30. The van der Waals surface area contributed by atoms with Gasteiger partial charge in [-0.25, -0.2) is 10.4 Å². The van der Waals surface area contributed by atoms with Crippen LogP contribution in [0.1, 0.15) is 24.8 Å². The summed E-state index contributed by atoms with van der Waals surface area (Å²) in [7, 11) is 0. The summed E-state index contributed by atoms with van der Waals surface area (Å²) in [5, 5.41) is 4.50. The standard InChI is InChI=1S/C21H25ClN4O/c22-17-7-3-5-16(15-17)6-4-12-23-26-20-21(10-13-27-14-11-21)25-19-9-2-1-8-18(19)24-20/h1-3,5,7-9,15,23,25H,4,6,10-14H2,(H,24,26). The van der Waals surface area contributed by atoms with Gasteiger partial charge in [0.1, 0.15) is 11.4 Å². The number of nitrogens with one attached hydrogen (secondary N) is 3. The van der Waals surface area contributed by atoms with Crippen molar-refractivity contribution < 1.29 is 4.74 Å². The van der Waals surface area contributed by atoms with Crippen molar-refractivity contribution >= 4 is 28.8 Å². The zero-order chi connectivity index (χ0) is 18.5. The van der Waals surface area contributed by atoms with Crippen LogP contribution >= 0.6 is 11.6 Å². The number of benzene rings is 2. The number of ether oxygens (including phenoxy) is 1. The third-order valence-corrected chi connectivity index (χ3v) is 5.41. The molecule has 6 heteroatoms. The molecule has 0 unspecified atom stereocenters. The Bertz CT molecular complexity index is 817. The SMILES string of the molecule is Clc1cccc(CCCNNC2=Nc3ccccc3NC23CCOCC3)c1. The minimum absolute atomic E-state index is 0.188. The molecule has 0 atom stereocenters. The fourth-order valence-electron chi connectivity index (χ4n) is 3.67. The molecule has 0 aromatic heterocycles. The number of nitrogens with zero attached hydrogens (tertiary/aromatic N) is 1. The Morgan fingerprint density at radius 1 is 1.11 bits per heavy atom. The second-order valence-electron chi connectivity index (χ2n) is 7.08. The topological polar surface area (TPSA) is 57.7 Å². The van der Waals surface area contributed by atoms with E-state index < -0.39 is 0 Å². The summed E-state index contributed by atoms with van der Waals surface area (Å²) < 4.78 is 5.58. The molecule has 5 nitrogen and oxygen atoms in total. The maximum atomic E-state index is 6.05. The largest absolute Gasteiger partial charge is 0.381 e. The number of hydrogen-bond acceptors (Lipinski definition) is 5. The van der Waals surface area contributed by atoms with Crippen LogP contribution in [0.3, 0.4) is 0 Å². The van der Waals surface area contributed by atoms with Crippen molar-refractivity contribution in [2.24, 2.45) is 4.99 Å². The van der Waals surface area contributed by atoms with Crippen molar-refractivity contribution in [3.8, 4) is 0 Å². The van der Waals surface area contributed by atoms with Crippen LogP contribution in [0, 0.1) is 0 Å². The first-order valence-corrected chi connectivity index (χ1v) is 9.90. The lowest BCUT2D eigenvalue weighted by Gasteiger charge is -2.42. The van der Waals surface area contributed by atoms with E-state index in [1.807, 2.05) is 36.4 Å². The van der Waals surface area contributed by atoms with E-state index in [4.69, 9.17) is 21.3 Å². The number of fused-ring (bicyclic) bond motifs is 1. The summed E-state index contributed by atoms with van der Waals surface area (Å²) in [5.41, 5.74) is 9.86. The number of hydrazine groups is 1. The molecule has 2 aromatic carbocycles. The molecule has 4 rings (SSSR count). The van der Waals surface area contributed by atoms with Gasteiger partial charge in [0.05, 0.1) is 11.4 Å². The molecule has 0 bridgehead atoms. The predicted molar refractivity (Wildman–Crippen MR) is 111 cm³/mol. The smallest absolute Gasteiger partial charge is 0.142 e. The number of halogens is 1. The summed E-state index contributed by atoms with van der Waals surface area (Å²) in [6.45, 7) is 2.33. The summed E-state index contributed by atoms with van der Waals surface area (Å²) in [4.78, 5) is 4.90. The summed E-state index contributed by atoms with van der Waals surface area (Å²) in [5.74, 6) is 0.951. The lowest BCUT2D eigenvalue weighted by atomic mass is 9.87. The lowest BCUT2D eigenvalue weighted by Crippen LogP contribution is -2.59. The van der Waals surface area contributed by atoms with Crippen molar-refractivity contribution in [3.05, 3.63) is 59.1 Å². The van der Waals surface area contributed by atoms with Crippen LogP contribution in [-0.4, -0.2) is 31.1 Å². The van der Waals surface area contributed by atoms with Crippen LogP contribution in [-0.2, 0) is 11.2 Å². The van der Waals surface area contributed by atoms with E-state index in [1.165, 1.54) is 5.56 Å². The van der Waals surface area contributed by atoms with Gasteiger partial charge in [-0.2, -0.15) is 0 Å². The number of rotatable bonds is 5. The fourth-order valence-corrected chi connectivity index (χ4v) is 3.88. The van der Waals surface area contributed by atoms with Gasteiger partial charge in [0.15, 0.2) is 0 Å². The molecule has 1 spiro atoms. The molecule has 2 aliphatic rings. The molecule has 27 heavy (non-hydrogen) atoms. The number of para-hydroxylation sites is 2. The van der Waals surface area contributed by atoms with Gasteiger partial charge in [-0.1, -0.05) is 35.9 Å². The summed E-state index contributed by atoms with van der Waals surface area (Å²) in [6.07, 6.45) is 3.80. The number of amidine groups is 1. The van der Waals surface area contributed by atoms with Gasteiger partial charge in [-0.3, -0.25) is 0 Å². The van der Waals surface area contributed by atoms with Crippen LogP contribution in [0.2, 0.25) is 5.02 Å². The second-order valence-corrected chi connectivity index (χ2v) is 7.52. The Kier molecular flexibility index (Phi) is 5.62. The monoisotopic (exact) mass is 384 g/mol. The highest BCUT2D eigenvalue weighted by Crippen LogP contribution is 2.37. The van der Waals surface area contributed by atoms with Crippen molar-refractivity contribution in [2.75, 3.05) is 25.1 Å². The van der Waals surface area contributed by atoms with Crippen molar-refractivity contribution in [3.63, 3.8) is 0 Å². The molecule has 2 aliphatic heterocycles. The molecule has 0 radical (unpaired) electrons. The predicted octanol–water partition coefficient (Wildman–Crippen LogP) is 4.07. The first kappa shape index (κ1) is 18.3. The molecule has 2 aromatic rings. The third kappa shape index (κ3) is 4.26. The molecule has 142 valence electrons. The molecule has 0 amide bonds. The van der Waals surface area contributed by atoms with Gasteiger partial charge >= 0.3 is 0 Å². The Morgan fingerprint density at radius 3 is 2.81 bits per heavy atom. The van der Waals surface area contributed by atoms with Gasteiger partial charge in [0, 0.05) is 37.6 Å². The van der Waals surface area contributed by atoms with E-state index in [9.17, 15) is 0 Å². The van der Waals surface area contributed by atoms with E-state index >= 15 is 0 Å². The molecule has 0 aliphatic carbocycles. The number of aryl methyl sites for hydroxylation is 1. The van der Waals surface area contributed by atoms with Crippen LogP contribution in [0.5, 0.6) is 0 Å². The highest BCUT2D eigenvalue weighted by molar-refractivity contribution is 6.30. The summed E-state index contributed by atoms with van der Waals surface area (Å²) in [6, 6.07) is 16.2. The van der Waals surface area contributed by atoms with Crippen molar-refractivity contribution in [1.82, 2.24) is 10.9 Å². The number of aliphatic imine (C=N–C) groups is 1. The van der Waals surface area contributed by atoms with E-state index in [2.05, 4.69) is 28.3 Å². The van der Waals surface area contributed by atoms with Crippen molar-refractivity contribution in [1.29, 1.82) is 0 Å². The first-order valence-electron chi connectivity index (χ1n) is 9.53. The van der Waals surface area contributed by atoms with E-state index in [1.54, 1.807) is 0 Å². The molecular weight excluding hydrogens is 360 g/mol. The lowest BCUT2D eigenvalue weighted by molar-refractivity contribution is 0.0769. The molecule has 0 saturated carbocycles. The summed E-state index contributed by atoms with van der Waals surface area (Å²) >= 11 is 6.05. The van der Waals surface area contributed by atoms with Crippen LogP contribution in [0.25, 0.3) is 0 Å². The fraction of sp³-hybridized carbons (Fsp3) is 0.381. The van der Waals surface area contributed by atoms with E-state index in [0.29, 0.717) is 0 Å². The Hall–Kier alpha value is -2.08. The van der Waals surface area contributed by atoms with Gasteiger partial charge in [0.2, 0.25) is 0 Å². The van der Waals surface area contributed by atoms with Crippen LogP contribution in [0.4, 0.5) is 11.4 Å². The highest BCUT2D eigenvalue weighted by Gasteiger charge is 2.40. The van der Waals surface area contributed by atoms with Gasteiger partial charge in [-0.05, 0) is 42.7 Å². The zero-order valence-electron chi connectivity index (χ0n) is 15.3. The van der Waals surface area contributed by atoms with Crippen molar-refractivity contribution in [2.45, 2.75) is 31.2 Å². The number of hydrogen-bond donors (Lipinski definition) is 3. The quantitative estimate of drug-likeness (QED) is 0.537. The van der Waals surface area contributed by atoms with Crippen LogP contribution in [0.15, 0.2) is 53.5 Å². The maximum Gasteiger partial charge on any atom is 0.142 e. The molecular formula is C21H25ClN4O. The number of anilines is 1. The van der Waals surface area contributed by atoms with Gasteiger partial charge in [-0.15, -0.1) is 0 Å². The first-order chi connectivity index (χ1) is 13.3. The maximum absolute atomic E-state index is 6.05. The minimum Gasteiger partial charge on any atom is -0.381 e. The third-order valence-electron chi connectivity index (χ3n) is 5.17. The Labute approximate surface area is 165 Å². The highest BCUT2D eigenvalue weighted by atomic mass is 35.5. The van der Waals surface area contributed by atoms with E-state index in [0.717, 1.165) is 67.7 Å². The van der Waals surface area contributed by atoms with Gasteiger partial charge < -0.3 is 15.5 Å². The Balaban J connectivity index is 1.37. The molecule has 2 heterocycles. The average molecular weight is 385 g/mol. The molecule has 3 N–H and O–H groups in total. The normalized spacial score (nSPS) is 17.7. The minimum atomic E-state index is -0.188. The molecule has 1 fully saturated rings. The zero-order valence-corrected chi connectivity index (χ0v) is 16.1. The molecule has 1 saturated heterocycles. The Morgan fingerprint density at radius 2 is 1.96 bits per heavy atom. The average Bonchev–Trinajstić information content (AvgIpc) is 2.69.